The Morgan fingerprint density at radius 1 is 1.28 bits per heavy atom. The van der Waals surface area contributed by atoms with Gasteiger partial charge in [-0.1, -0.05) is 29.8 Å². The highest BCUT2D eigenvalue weighted by molar-refractivity contribution is 7.17. The molecule has 1 unspecified atom stereocenters. The molecule has 0 bridgehead atoms. The molecule has 2 aromatic heterocycles. The summed E-state index contributed by atoms with van der Waals surface area (Å²) in [5, 5.41) is 2.77. The lowest BCUT2D eigenvalue weighted by Crippen LogP contribution is -3.15. The number of aromatic nitrogens is 2. The fourth-order valence-corrected chi connectivity index (χ4v) is 4.72. The number of piperidine rings is 1. The second-order valence-electron chi connectivity index (χ2n) is 7.19. The van der Waals surface area contributed by atoms with Gasteiger partial charge in [0.2, 0.25) is 0 Å². The molecule has 1 aliphatic heterocycles. The SMILES string of the molecule is Cc1ccc(-c2csc3nc(C[NH+]4CCCC[C@H]4C)[nH]c(=O)c23)cc1. The Hall–Kier alpha value is -1.98. The first kappa shape index (κ1) is 16.5. The summed E-state index contributed by atoms with van der Waals surface area (Å²) >= 11 is 1.56. The van der Waals surface area contributed by atoms with Gasteiger partial charge in [-0.05, 0) is 38.7 Å². The van der Waals surface area contributed by atoms with Gasteiger partial charge in [0, 0.05) is 10.9 Å². The van der Waals surface area contributed by atoms with Gasteiger partial charge in [0.25, 0.3) is 5.56 Å². The molecular weight excluding hydrogens is 330 g/mol. The van der Waals surface area contributed by atoms with Gasteiger partial charge in [0.05, 0.1) is 18.0 Å². The number of quaternary nitrogens is 1. The van der Waals surface area contributed by atoms with Crippen molar-refractivity contribution in [2.45, 2.75) is 45.7 Å². The molecular formula is C20H24N3OS+. The maximum absolute atomic E-state index is 12.7. The minimum absolute atomic E-state index is 0.0131. The van der Waals surface area contributed by atoms with E-state index < -0.39 is 0 Å². The van der Waals surface area contributed by atoms with Gasteiger partial charge < -0.3 is 9.88 Å². The van der Waals surface area contributed by atoms with Crippen molar-refractivity contribution in [2.75, 3.05) is 6.54 Å². The normalized spacial score (nSPS) is 20.9. The molecule has 1 aliphatic rings. The van der Waals surface area contributed by atoms with Crippen LogP contribution in [0.1, 0.15) is 37.6 Å². The third-order valence-electron chi connectivity index (χ3n) is 5.33. The van der Waals surface area contributed by atoms with Crippen LogP contribution < -0.4 is 10.5 Å². The van der Waals surface area contributed by atoms with Crippen LogP contribution in [0.25, 0.3) is 21.3 Å². The van der Waals surface area contributed by atoms with Crippen molar-refractivity contribution in [3.05, 3.63) is 51.4 Å². The molecule has 25 heavy (non-hydrogen) atoms. The Balaban J connectivity index is 1.69. The average molecular weight is 354 g/mol. The van der Waals surface area contributed by atoms with Crippen LogP contribution >= 0.6 is 11.3 Å². The van der Waals surface area contributed by atoms with Gasteiger partial charge in [0.1, 0.15) is 11.4 Å². The summed E-state index contributed by atoms with van der Waals surface area (Å²) in [5.74, 6) is 0.818. The van der Waals surface area contributed by atoms with Crippen molar-refractivity contribution < 1.29 is 4.90 Å². The molecule has 130 valence electrons. The topological polar surface area (TPSA) is 50.2 Å². The predicted molar refractivity (Wildman–Crippen MR) is 103 cm³/mol. The number of aryl methyl sites for hydroxylation is 1. The molecule has 0 radical (unpaired) electrons. The highest BCUT2D eigenvalue weighted by Gasteiger charge is 2.23. The number of hydrogen-bond acceptors (Lipinski definition) is 3. The standard InChI is InChI=1S/C20H23N3OS/c1-13-6-8-15(9-7-13)16-12-25-20-18(16)19(24)21-17(22-20)11-23-10-4-3-5-14(23)2/h6-9,12,14H,3-5,10-11H2,1-2H3,(H,21,22,24)/p+1/t14-/m1/s1. The molecule has 0 saturated carbocycles. The Bertz CT molecular complexity index is 942. The molecule has 1 aromatic carbocycles. The van der Waals surface area contributed by atoms with Crippen molar-refractivity contribution in [1.29, 1.82) is 0 Å². The third-order valence-corrected chi connectivity index (χ3v) is 6.20. The van der Waals surface area contributed by atoms with Crippen LogP contribution in [0, 0.1) is 6.92 Å². The lowest BCUT2D eigenvalue weighted by Gasteiger charge is -2.29. The van der Waals surface area contributed by atoms with E-state index in [2.05, 4.69) is 48.5 Å². The van der Waals surface area contributed by atoms with E-state index in [9.17, 15) is 4.79 Å². The van der Waals surface area contributed by atoms with Gasteiger partial charge >= 0.3 is 0 Å². The number of fused-ring (bicyclic) bond motifs is 1. The van der Waals surface area contributed by atoms with Crippen LogP contribution in [0.5, 0.6) is 0 Å². The minimum Gasteiger partial charge on any atom is -0.326 e. The molecule has 1 saturated heterocycles. The quantitative estimate of drug-likeness (QED) is 0.760. The molecule has 0 amide bonds. The minimum atomic E-state index is -0.0131. The van der Waals surface area contributed by atoms with Crippen molar-refractivity contribution in [3.63, 3.8) is 0 Å². The summed E-state index contributed by atoms with van der Waals surface area (Å²) in [6.45, 7) is 6.35. The lowest BCUT2D eigenvalue weighted by atomic mass is 10.0. The zero-order valence-corrected chi connectivity index (χ0v) is 15.6. The van der Waals surface area contributed by atoms with E-state index in [0.717, 1.165) is 33.7 Å². The van der Waals surface area contributed by atoms with Gasteiger partial charge in [-0.2, -0.15) is 0 Å². The summed E-state index contributed by atoms with van der Waals surface area (Å²) in [7, 11) is 0. The van der Waals surface area contributed by atoms with Crippen LogP contribution in [0.2, 0.25) is 0 Å². The molecule has 3 aromatic rings. The maximum Gasteiger partial charge on any atom is 0.260 e. The largest absolute Gasteiger partial charge is 0.326 e. The van der Waals surface area contributed by atoms with E-state index in [1.54, 1.807) is 11.3 Å². The molecule has 2 atom stereocenters. The number of thiophene rings is 1. The van der Waals surface area contributed by atoms with Gasteiger partial charge in [0.15, 0.2) is 5.82 Å². The van der Waals surface area contributed by atoms with Crippen LogP contribution in [0.3, 0.4) is 0 Å². The highest BCUT2D eigenvalue weighted by atomic mass is 32.1. The Morgan fingerprint density at radius 3 is 2.84 bits per heavy atom. The zero-order chi connectivity index (χ0) is 17.4. The van der Waals surface area contributed by atoms with E-state index in [-0.39, 0.29) is 5.56 Å². The number of rotatable bonds is 3. The number of benzene rings is 1. The molecule has 0 spiro atoms. The smallest absolute Gasteiger partial charge is 0.260 e. The number of nitrogens with one attached hydrogen (secondary N) is 2. The van der Waals surface area contributed by atoms with Crippen LogP contribution in [0.4, 0.5) is 0 Å². The highest BCUT2D eigenvalue weighted by Crippen LogP contribution is 2.30. The van der Waals surface area contributed by atoms with Gasteiger partial charge in [-0.3, -0.25) is 4.79 Å². The maximum atomic E-state index is 12.7. The first-order valence-corrected chi connectivity index (χ1v) is 9.92. The monoisotopic (exact) mass is 354 g/mol. The third kappa shape index (κ3) is 3.26. The van der Waals surface area contributed by atoms with E-state index in [1.807, 2.05) is 0 Å². The molecule has 2 N–H and O–H groups in total. The van der Waals surface area contributed by atoms with E-state index in [4.69, 9.17) is 4.98 Å². The average Bonchev–Trinajstić information content (AvgIpc) is 3.02. The van der Waals surface area contributed by atoms with E-state index >= 15 is 0 Å². The summed E-state index contributed by atoms with van der Waals surface area (Å²) in [6, 6.07) is 8.94. The predicted octanol–water partition coefficient (Wildman–Crippen LogP) is 2.92. The fraction of sp³-hybridized carbons (Fsp3) is 0.400. The van der Waals surface area contributed by atoms with Crippen molar-refractivity contribution >= 4 is 21.6 Å². The summed E-state index contributed by atoms with van der Waals surface area (Å²) < 4.78 is 0. The summed E-state index contributed by atoms with van der Waals surface area (Å²) in [4.78, 5) is 22.9. The lowest BCUT2D eigenvalue weighted by molar-refractivity contribution is -0.942. The number of nitrogens with zero attached hydrogens (tertiary/aromatic N) is 1. The van der Waals surface area contributed by atoms with E-state index in [1.165, 1.54) is 36.3 Å². The first-order valence-electron chi connectivity index (χ1n) is 9.04. The van der Waals surface area contributed by atoms with Gasteiger partial charge in [-0.15, -0.1) is 11.3 Å². The fourth-order valence-electron chi connectivity index (χ4n) is 3.75. The Labute approximate surface area is 151 Å². The van der Waals surface area contributed by atoms with Crippen molar-refractivity contribution in [1.82, 2.24) is 9.97 Å². The molecule has 0 aliphatic carbocycles. The zero-order valence-electron chi connectivity index (χ0n) is 14.8. The van der Waals surface area contributed by atoms with Crippen LogP contribution in [-0.4, -0.2) is 22.6 Å². The first-order chi connectivity index (χ1) is 12.1. The van der Waals surface area contributed by atoms with Crippen LogP contribution in [0.15, 0.2) is 34.4 Å². The van der Waals surface area contributed by atoms with Crippen LogP contribution in [-0.2, 0) is 6.54 Å². The van der Waals surface area contributed by atoms with Crippen molar-refractivity contribution in [3.8, 4) is 11.1 Å². The molecule has 5 heteroatoms. The molecule has 4 nitrogen and oxygen atoms in total. The molecule has 3 heterocycles. The Morgan fingerprint density at radius 2 is 2.08 bits per heavy atom. The van der Waals surface area contributed by atoms with E-state index in [0.29, 0.717) is 6.04 Å². The molecule has 1 fully saturated rings. The second kappa shape index (κ2) is 6.73. The number of likely N-dealkylation sites (tertiary alicyclic amines) is 1. The number of aromatic amines is 1. The molecule has 4 rings (SSSR count). The summed E-state index contributed by atoms with van der Waals surface area (Å²) in [5.41, 5.74) is 3.27. The summed E-state index contributed by atoms with van der Waals surface area (Å²) in [6.07, 6.45) is 3.85. The second-order valence-corrected chi connectivity index (χ2v) is 8.05. The van der Waals surface area contributed by atoms with Crippen molar-refractivity contribution in [2.24, 2.45) is 0 Å². The number of H-pyrrole nitrogens is 1. The number of hydrogen-bond donors (Lipinski definition) is 2. The van der Waals surface area contributed by atoms with Gasteiger partial charge in [-0.25, -0.2) is 4.98 Å². The Kier molecular flexibility index (Phi) is 4.44.